The molecule has 52 heavy (non-hydrogen) atoms. The van der Waals surface area contributed by atoms with Crippen molar-refractivity contribution in [2.45, 2.75) is 63.7 Å². The van der Waals surface area contributed by atoms with Crippen molar-refractivity contribution < 1.29 is 19.1 Å². The maximum absolute atomic E-state index is 12.2. The summed E-state index contributed by atoms with van der Waals surface area (Å²) in [5, 5.41) is 13.9. The van der Waals surface area contributed by atoms with Gasteiger partial charge in [0.05, 0.1) is 58.9 Å². The highest BCUT2D eigenvalue weighted by Gasteiger charge is 2.56. The number of benzene rings is 2. The number of halogens is 2. The zero-order chi connectivity index (χ0) is 36.0. The molecule has 2 spiro atoms. The van der Waals surface area contributed by atoms with Crippen molar-refractivity contribution in [2.24, 2.45) is 10.8 Å². The Hall–Kier alpha value is -4.36. The Bertz CT molecular complexity index is 1910. The minimum atomic E-state index is -0.118. The second-order valence-electron chi connectivity index (χ2n) is 14.3. The molecule has 4 heterocycles. The predicted molar refractivity (Wildman–Crippen MR) is 197 cm³/mol. The number of carbonyl (C=O) groups excluding carboxylic acids is 2. The molecule has 4 fully saturated rings. The fraction of sp³-hybridized carbons (Fsp3) is 0.421. The number of rotatable bonds is 13. The Morgan fingerprint density at radius 2 is 1.10 bits per heavy atom. The van der Waals surface area contributed by atoms with Crippen LogP contribution < -0.4 is 30.7 Å². The summed E-state index contributed by atoms with van der Waals surface area (Å²) >= 11 is 14.2. The number of hydrogen-bond donors (Lipinski definition) is 4. The topological polar surface area (TPSA) is 152 Å². The van der Waals surface area contributed by atoms with E-state index in [0.29, 0.717) is 81.9 Å². The third kappa shape index (κ3) is 6.57. The lowest BCUT2D eigenvalue weighted by atomic mass is 9.98. The van der Waals surface area contributed by atoms with Gasteiger partial charge in [-0.2, -0.15) is 0 Å². The van der Waals surface area contributed by atoms with Crippen molar-refractivity contribution in [3.8, 4) is 45.4 Å². The van der Waals surface area contributed by atoms with Crippen LogP contribution in [0.2, 0.25) is 10.0 Å². The molecule has 0 radical (unpaired) electrons. The zero-order valence-corrected chi connectivity index (χ0v) is 30.5. The lowest BCUT2D eigenvalue weighted by Gasteiger charge is -2.16. The lowest BCUT2D eigenvalue weighted by molar-refractivity contribution is -0.124. The number of nitrogens with zero attached hydrogens (tertiary/aromatic N) is 4. The normalized spacial score (nSPS) is 20.6. The molecule has 2 saturated carbocycles. The number of aromatic nitrogens is 4. The molecule has 4 aliphatic rings. The van der Waals surface area contributed by atoms with E-state index in [0.717, 1.165) is 49.7 Å². The summed E-state index contributed by atoms with van der Waals surface area (Å²) < 4.78 is 11.2. The molecule has 0 bridgehead atoms. The summed E-state index contributed by atoms with van der Waals surface area (Å²) in [6.45, 7) is 2.18. The highest BCUT2D eigenvalue weighted by atomic mass is 35.5. The second-order valence-corrected chi connectivity index (χ2v) is 15.1. The van der Waals surface area contributed by atoms with E-state index in [2.05, 4.69) is 31.2 Å². The second kappa shape index (κ2) is 13.9. The summed E-state index contributed by atoms with van der Waals surface area (Å²) in [6, 6.07) is 11.6. The molecule has 12 nitrogen and oxygen atoms in total. The van der Waals surface area contributed by atoms with Crippen LogP contribution in [0.5, 0.6) is 11.8 Å². The van der Waals surface area contributed by atoms with Crippen LogP contribution in [0.15, 0.2) is 48.8 Å². The molecule has 2 unspecified atom stereocenters. The number of carbonyl (C=O) groups is 2. The van der Waals surface area contributed by atoms with Gasteiger partial charge in [0.1, 0.15) is 11.4 Å². The highest BCUT2D eigenvalue weighted by Crippen LogP contribution is 2.53. The van der Waals surface area contributed by atoms with Crippen molar-refractivity contribution in [2.75, 3.05) is 27.3 Å². The van der Waals surface area contributed by atoms with Gasteiger partial charge in [-0.05, 0) is 38.5 Å². The summed E-state index contributed by atoms with van der Waals surface area (Å²) in [7, 11) is 3.13. The zero-order valence-electron chi connectivity index (χ0n) is 29.0. The predicted octanol–water partition coefficient (Wildman–Crippen LogP) is 5.11. The SMILES string of the molecule is COc1nc(-c2cccc(-c3cccc(-c4cnc(CNCC5CC6(CC6)C(=O)N5)c(OC)n4)c3Cl)c2Cl)cnc1CNCC1CC2(CC2)C(=O)N1. The number of ether oxygens (including phenoxy) is 2. The van der Waals surface area contributed by atoms with Crippen LogP contribution in [0, 0.1) is 10.8 Å². The largest absolute Gasteiger partial charge is 0.480 e. The van der Waals surface area contributed by atoms with Gasteiger partial charge in [0.2, 0.25) is 23.6 Å². The van der Waals surface area contributed by atoms with E-state index in [9.17, 15) is 9.59 Å². The maximum atomic E-state index is 12.2. The Morgan fingerprint density at radius 1 is 0.692 bits per heavy atom. The third-order valence-corrected chi connectivity index (χ3v) is 11.6. The first-order chi connectivity index (χ1) is 25.2. The first-order valence-electron chi connectivity index (χ1n) is 17.6. The maximum Gasteiger partial charge on any atom is 0.237 e. The van der Waals surface area contributed by atoms with Gasteiger partial charge >= 0.3 is 0 Å². The summed E-state index contributed by atoms with van der Waals surface area (Å²) in [5.41, 5.74) is 4.99. The number of methoxy groups -OCH3 is 2. The fourth-order valence-corrected chi connectivity index (χ4v) is 8.20. The molecular formula is C38H40Cl2N8O4. The van der Waals surface area contributed by atoms with Gasteiger partial charge in [-0.15, -0.1) is 0 Å². The van der Waals surface area contributed by atoms with Crippen molar-refractivity contribution in [1.82, 2.24) is 41.2 Å². The molecule has 2 saturated heterocycles. The van der Waals surface area contributed by atoms with E-state index in [4.69, 9.17) is 42.6 Å². The van der Waals surface area contributed by atoms with E-state index in [-0.39, 0.29) is 34.7 Å². The molecule has 14 heteroatoms. The quantitative estimate of drug-likeness (QED) is 0.146. The van der Waals surface area contributed by atoms with E-state index in [1.165, 1.54) is 0 Å². The Kier molecular flexibility index (Phi) is 9.27. The number of amides is 2. The van der Waals surface area contributed by atoms with Crippen LogP contribution in [0.1, 0.15) is 49.9 Å². The van der Waals surface area contributed by atoms with Crippen molar-refractivity contribution in [1.29, 1.82) is 0 Å². The monoisotopic (exact) mass is 742 g/mol. The van der Waals surface area contributed by atoms with Gasteiger partial charge in [0, 0.05) is 60.5 Å². The van der Waals surface area contributed by atoms with Gasteiger partial charge in [-0.1, -0.05) is 59.6 Å². The number of hydrogen-bond acceptors (Lipinski definition) is 10. The van der Waals surface area contributed by atoms with Gasteiger partial charge in [-0.25, -0.2) is 9.97 Å². The minimum Gasteiger partial charge on any atom is -0.480 e. The molecule has 2 atom stereocenters. The molecule has 2 aromatic carbocycles. The van der Waals surface area contributed by atoms with E-state index < -0.39 is 0 Å². The molecule has 2 aromatic heterocycles. The Morgan fingerprint density at radius 3 is 1.46 bits per heavy atom. The van der Waals surface area contributed by atoms with Crippen LogP contribution >= 0.6 is 23.2 Å². The van der Waals surface area contributed by atoms with E-state index in [1.54, 1.807) is 26.6 Å². The third-order valence-electron chi connectivity index (χ3n) is 10.8. The van der Waals surface area contributed by atoms with Gasteiger partial charge in [0.25, 0.3) is 0 Å². The van der Waals surface area contributed by atoms with Crippen LogP contribution in [0.4, 0.5) is 0 Å². The first-order valence-corrected chi connectivity index (χ1v) is 18.4. The van der Waals surface area contributed by atoms with Crippen molar-refractivity contribution in [3.05, 3.63) is 70.2 Å². The van der Waals surface area contributed by atoms with Crippen LogP contribution in [0.25, 0.3) is 33.6 Å². The van der Waals surface area contributed by atoms with E-state index >= 15 is 0 Å². The molecular weight excluding hydrogens is 703 g/mol. The molecule has 2 aliphatic heterocycles. The molecule has 4 aromatic rings. The Balaban J connectivity index is 0.968. The standard InChI is InChI=1S/C38H40Cl2N8O4/c1-51-33-29(17-41-15-21-13-37(9-10-37)35(49)45-21)43-19-27(47-33)25-7-3-5-23(31(25)39)24-6-4-8-26(32(24)40)28-20-44-30(34(48-28)52-2)18-42-16-22-14-38(11-12-38)36(50)46-22/h3-8,19-22,41-42H,9-18H2,1-2H3,(H,45,49)(H,46,50). The smallest absolute Gasteiger partial charge is 0.237 e. The summed E-state index contributed by atoms with van der Waals surface area (Å²) in [5.74, 6) is 1.15. The summed E-state index contributed by atoms with van der Waals surface area (Å²) in [6.07, 6.45) is 9.06. The van der Waals surface area contributed by atoms with Crippen LogP contribution in [0.3, 0.4) is 0 Å². The fourth-order valence-electron chi connectivity index (χ4n) is 7.55. The average Bonchev–Trinajstić information content (AvgIpc) is 4.06. The molecule has 2 amide bonds. The first kappa shape index (κ1) is 34.7. The Labute approximate surface area is 311 Å². The minimum absolute atomic E-state index is 0.115. The van der Waals surface area contributed by atoms with Gasteiger partial charge < -0.3 is 30.7 Å². The van der Waals surface area contributed by atoms with Crippen molar-refractivity contribution >= 4 is 35.0 Å². The molecule has 4 N–H and O–H groups in total. The van der Waals surface area contributed by atoms with Crippen LogP contribution in [-0.4, -0.2) is 71.1 Å². The van der Waals surface area contributed by atoms with E-state index in [1.807, 2.05) is 36.4 Å². The van der Waals surface area contributed by atoms with Gasteiger partial charge in [-0.3, -0.25) is 19.6 Å². The molecule has 8 rings (SSSR count). The highest BCUT2D eigenvalue weighted by molar-refractivity contribution is 6.39. The number of nitrogens with one attached hydrogen (secondary N) is 4. The average molecular weight is 744 g/mol. The molecule has 2 aliphatic carbocycles. The molecule has 270 valence electrons. The summed E-state index contributed by atoms with van der Waals surface area (Å²) in [4.78, 5) is 43.3. The van der Waals surface area contributed by atoms with Crippen molar-refractivity contribution in [3.63, 3.8) is 0 Å². The lowest BCUT2D eigenvalue weighted by Crippen LogP contribution is -2.35. The van der Waals surface area contributed by atoms with Gasteiger partial charge in [0.15, 0.2) is 0 Å². The van der Waals surface area contributed by atoms with Crippen LogP contribution in [-0.2, 0) is 22.7 Å².